The van der Waals surface area contributed by atoms with E-state index in [2.05, 4.69) is 0 Å². The van der Waals surface area contributed by atoms with Crippen molar-refractivity contribution in [3.8, 4) is 0 Å². The normalized spacial score (nSPS) is 10.2. The highest BCUT2D eigenvalue weighted by molar-refractivity contribution is 6.24. The molecule has 80 valence electrons. The third-order valence-electron chi connectivity index (χ3n) is 1.40. The smallest absolute Gasteiger partial charge is 0.134 e. The van der Waals surface area contributed by atoms with Gasteiger partial charge in [0.25, 0.3) is 0 Å². The predicted octanol–water partition coefficient (Wildman–Crippen LogP) is -1.63. The molecule has 0 spiro atoms. The second-order valence-corrected chi connectivity index (χ2v) is 2.76. The van der Waals surface area contributed by atoms with Gasteiger partial charge >= 0.3 is 0 Å². The van der Waals surface area contributed by atoms with Crippen molar-refractivity contribution in [1.29, 1.82) is 0 Å². The SMILES string of the molecule is O=CCCl.OCC(CO)(CO)CO. The van der Waals surface area contributed by atoms with Gasteiger partial charge in [-0.15, -0.1) is 11.6 Å². The van der Waals surface area contributed by atoms with Crippen LogP contribution >= 0.6 is 11.6 Å². The van der Waals surface area contributed by atoms with Crippen molar-refractivity contribution in [3.05, 3.63) is 0 Å². The second kappa shape index (κ2) is 9.88. The fourth-order valence-electron chi connectivity index (χ4n) is 0.300. The van der Waals surface area contributed by atoms with E-state index in [-0.39, 0.29) is 5.88 Å². The molecule has 0 aliphatic carbocycles. The van der Waals surface area contributed by atoms with Gasteiger partial charge in [0.1, 0.15) is 6.29 Å². The molecule has 0 aromatic carbocycles. The van der Waals surface area contributed by atoms with Crippen LogP contribution in [0.1, 0.15) is 0 Å². The van der Waals surface area contributed by atoms with Gasteiger partial charge in [0.05, 0.1) is 37.7 Å². The number of hydrogen-bond donors (Lipinski definition) is 4. The summed E-state index contributed by atoms with van der Waals surface area (Å²) in [5.41, 5.74) is -1.11. The molecule has 0 aliphatic rings. The number of carbonyl (C=O) groups is 1. The Morgan fingerprint density at radius 1 is 1.00 bits per heavy atom. The van der Waals surface area contributed by atoms with E-state index in [0.29, 0.717) is 6.29 Å². The van der Waals surface area contributed by atoms with Crippen LogP contribution in [0.25, 0.3) is 0 Å². The second-order valence-electron chi connectivity index (χ2n) is 2.45. The molecule has 0 heterocycles. The number of alkyl halides is 1. The zero-order valence-corrected chi connectivity index (χ0v) is 7.94. The van der Waals surface area contributed by atoms with E-state index in [1.54, 1.807) is 0 Å². The van der Waals surface area contributed by atoms with Crippen LogP contribution in [0.3, 0.4) is 0 Å². The summed E-state index contributed by atoms with van der Waals surface area (Å²) < 4.78 is 0. The number of aliphatic hydroxyl groups is 4. The molecule has 0 aromatic heterocycles. The Bertz CT molecular complexity index is 97.9. The van der Waals surface area contributed by atoms with Crippen molar-refractivity contribution >= 4 is 17.9 Å². The Morgan fingerprint density at radius 3 is 1.23 bits per heavy atom. The van der Waals surface area contributed by atoms with Crippen LogP contribution < -0.4 is 0 Å². The summed E-state index contributed by atoms with van der Waals surface area (Å²) in [5, 5.41) is 34.0. The predicted molar refractivity (Wildman–Crippen MR) is 47.6 cm³/mol. The first-order valence-corrected chi connectivity index (χ1v) is 4.12. The van der Waals surface area contributed by atoms with Crippen LogP contribution in [0.4, 0.5) is 0 Å². The van der Waals surface area contributed by atoms with Crippen LogP contribution in [0.2, 0.25) is 0 Å². The number of carbonyl (C=O) groups excluding carboxylic acids is 1. The van der Waals surface area contributed by atoms with Crippen molar-refractivity contribution < 1.29 is 25.2 Å². The summed E-state index contributed by atoms with van der Waals surface area (Å²) in [4.78, 5) is 9.04. The largest absolute Gasteiger partial charge is 0.396 e. The molecule has 0 radical (unpaired) electrons. The molecule has 5 nitrogen and oxygen atoms in total. The molecule has 0 saturated carbocycles. The first-order valence-electron chi connectivity index (χ1n) is 3.59. The van der Waals surface area contributed by atoms with Crippen LogP contribution in [-0.4, -0.2) is 59.0 Å². The molecule has 0 unspecified atom stereocenters. The van der Waals surface area contributed by atoms with Gasteiger partial charge in [-0.3, -0.25) is 0 Å². The van der Waals surface area contributed by atoms with Gasteiger partial charge in [-0.25, -0.2) is 0 Å². The van der Waals surface area contributed by atoms with Crippen LogP contribution in [0.5, 0.6) is 0 Å². The lowest BCUT2D eigenvalue weighted by atomic mass is 9.93. The first-order chi connectivity index (χ1) is 6.16. The molecule has 0 rings (SSSR count). The summed E-state index contributed by atoms with van der Waals surface area (Å²) in [6.07, 6.45) is 0.640. The van der Waals surface area contributed by atoms with Crippen LogP contribution in [-0.2, 0) is 4.79 Å². The number of hydrogen-bond acceptors (Lipinski definition) is 5. The molecule has 13 heavy (non-hydrogen) atoms. The average Bonchev–Trinajstić information content (AvgIpc) is 2.23. The van der Waals surface area contributed by atoms with E-state index < -0.39 is 31.8 Å². The number of aldehydes is 1. The quantitative estimate of drug-likeness (QED) is 0.325. The van der Waals surface area contributed by atoms with Crippen molar-refractivity contribution in [1.82, 2.24) is 0 Å². The van der Waals surface area contributed by atoms with E-state index in [4.69, 9.17) is 36.8 Å². The standard InChI is InChI=1S/C5H12O4.C2H3ClO/c6-1-5(2-7,3-8)4-9;3-1-2-4/h6-9H,1-4H2;2H,1H2. The third-order valence-corrected chi connectivity index (χ3v) is 1.53. The average molecular weight is 215 g/mol. The lowest BCUT2D eigenvalue weighted by Crippen LogP contribution is -2.37. The molecular formula is C7H15ClO5. The maximum absolute atomic E-state index is 9.04. The molecule has 4 N–H and O–H groups in total. The zero-order valence-electron chi connectivity index (χ0n) is 7.19. The van der Waals surface area contributed by atoms with Crippen LogP contribution in [0, 0.1) is 5.41 Å². The van der Waals surface area contributed by atoms with Gasteiger partial charge in [0, 0.05) is 0 Å². The highest BCUT2D eigenvalue weighted by Crippen LogP contribution is 2.11. The Labute approximate surface area is 81.6 Å². The molecule has 0 atom stereocenters. The summed E-state index contributed by atoms with van der Waals surface area (Å²) in [6, 6.07) is 0. The number of rotatable bonds is 5. The van der Waals surface area contributed by atoms with Crippen molar-refractivity contribution in [2.75, 3.05) is 32.3 Å². The summed E-state index contributed by atoms with van der Waals surface area (Å²) >= 11 is 4.82. The molecular weight excluding hydrogens is 200 g/mol. The van der Waals surface area contributed by atoms with E-state index >= 15 is 0 Å². The van der Waals surface area contributed by atoms with Gasteiger partial charge in [0.15, 0.2) is 0 Å². The van der Waals surface area contributed by atoms with Gasteiger partial charge in [-0.1, -0.05) is 0 Å². The maximum atomic E-state index is 9.04. The van der Waals surface area contributed by atoms with E-state index in [1.807, 2.05) is 0 Å². The molecule has 0 bridgehead atoms. The van der Waals surface area contributed by atoms with Gasteiger partial charge in [-0.2, -0.15) is 0 Å². The Balaban J connectivity index is 0. The molecule has 0 aliphatic heterocycles. The summed E-state index contributed by atoms with van der Waals surface area (Å²) in [7, 11) is 0. The van der Waals surface area contributed by atoms with Gasteiger partial charge < -0.3 is 25.2 Å². The maximum Gasteiger partial charge on any atom is 0.134 e. The monoisotopic (exact) mass is 214 g/mol. The first kappa shape index (κ1) is 15.3. The lowest BCUT2D eigenvalue weighted by Gasteiger charge is -2.23. The fourth-order valence-corrected chi connectivity index (χ4v) is 0.300. The third kappa shape index (κ3) is 6.92. The van der Waals surface area contributed by atoms with Crippen molar-refractivity contribution in [2.45, 2.75) is 0 Å². The van der Waals surface area contributed by atoms with E-state index in [9.17, 15) is 0 Å². The fraction of sp³-hybridized carbons (Fsp3) is 0.857. The molecule has 6 heteroatoms. The highest BCUT2D eigenvalue weighted by Gasteiger charge is 2.26. The zero-order chi connectivity index (χ0) is 10.7. The summed E-state index contributed by atoms with van der Waals surface area (Å²) in [6.45, 7) is -1.62. The minimum absolute atomic E-state index is 0.111. The topological polar surface area (TPSA) is 98.0 Å². The van der Waals surface area contributed by atoms with Gasteiger partial charge in [0.2, 0.25) is 0 Å². The summed E-state index contributed by atoms with van der Waals surface area (Å²) in [5.74, 6) is 0.111. The number of aliphatic hydroxyl groups excluding tert-OH is 4. The molecule has 0 amide bonds. The van der Waals surface area contributed by atoms with E-state index in [0.717, 1.165) is 0 Å². The highest BCUT2D eigenvalue weighted by atomic mass is 35.5. The lowest BCUT2D eigenvalue weighted by molar-refractivity contribution is -0.105. The number of halogens is 1. The Hall–Kier alpha value is -0.200. The molecule has 0 fully saturated rings. The molecule has 0 aromatic rings. The van der Waals surface area contributed by atoms with Crippen LogP contribution in [0.15, 0.2) is 0 Å². The molecule has 0 saturated heterocycles. The van der Waals surface area contributed by atoms with Crippen molar-refractivity contribution in [2.24, 2.45) is 5.41 Å². The minimum atomic E-state index is -1.11. The van der Waals surface area contributed by atoms with E-state index in [1.165, 1.54) is 0 Å². The van der Waals surface area contributed by atoms with Gasteiger partial charge in [-0.05, 0) is 0 Å². The Kier molecular flexibility index (Phi) is 11.6. The Morgan fingerprint density at radius 2 is 1.23 bits per heavy atom. The minimum Gasteiger partial charge on any atom is -0.396 e. The van der Waals surface area contributed by atoms with Crippen molar-refractivity contribution in [3.63, 3.8) is 0 Å².